The van der Waals surface area contributed by atoms with Crippen LogP contribution in [0.15, 0.2) is 48.5 Å². The lowest BCUT2D eigenvalue weighted by Gasteiger charge is -2.37. The van der Waals surface area contributed by atoms with Gasteiger partial charge in [0.05, 0.1) is 7.11 Å². The van der Waals surface area contributed by atoms with Gasteiger partial charge in [0.25, 0.3) is 5.91 Å². The van der Waals surface area contributed by atoms with Crippen molar-refractivity contribution in [1.82, 2.24) is 4.90 Å². The highest BCUT2D eigenvalue weighted by atomic mass is 16.5. The highest BCUT2D eigenvalue weighted by Gasteiger charge is 2.31. The van der Waals surface area contributed by atoms with E-state index in [2.05, 4.69) is 0 Å². The Balaban J connectivity index is 1.91. The van der Waals surface area contributed by atoms with Crippen LogP contribution >= 0.6 is 0 Å². The Morgan fingerprint density at radius 1 is 1.11 bits per heavy atom. The maximum absolute atomic E-state index is 13.4. The van der Waals surface area contributed by atoms with Gasteiger partial charge < -0.3 is 19.6 Å². The Morgan fingerprint density at radius 3 is 2.37 bits per heavy atom. The number of anilines is 1. The molecule has 1 heterocycles. The second-order valence-electron chi connectivity index (χ2n) is 6.74. The number of amides is 2. The number of likely N-dealkylation sites (tertiary alicyclic amines) is 1. The van der Waals surface area contributed by atoms with Crippen LogP contribution in [-0.2, 0) is 0 Å². The van der Waals surface area contributed by atoms with Gasteiger partial charge in [-0.15, -0.1) is 0 Å². The minimum atomic E-state index is -0.908. The largest absolute Gasteiger partial charge is 0.497 e. The zero-order valence-corrected chi connectivity index (χ0v) is 15.6. The highest BCUT2D eigenvalue weighted by molar-refractivity contribution is 6.06. The molecule has 3 rings (SSSR count). The van der Waals surface area contributed by atoms with Crippen LogP contribution in [0.2, 0.25) is 0 Å². The molecule has 2 aromatic rings. The quantitative estimate of drug-likeness (QED) is 0.891. The summed E-state index contributed by atoms with van der Waals surface area (Å²) in [6.07, 6.45) is 0.306. The first-order valence-corrected chi connectivity index (χ1v) is 9.01. The molecule has 0 radical (unpaired) electrons. The van der Waals surface area contributed by atoms with E-state index in [1.807, 2.05) is 31.2 Å². The first kappa shape index (κ1) is 18.8. The summed E-state index contributed by atoms with van der Waals surface area (Å²) in [5, 5.41) is 9.19. The van der Waals surface area contributed by atoms with Gasteiger partial charge in [-0.3, -0.25) is 4.79 Å². The number of hydrogen-bond donors (Lipinski definition) is 1. The number of aryl methyl sites for hydroxylation is 1. The molecule has 27 heavy (non-hydrogen) atoms. The number of carbonyl (C=O) groups is 2. The van der Waals surface area contributed by atoms with Crippen LogP contribution in [0.4, 0.5) is 10.5 Å². The van der Waals surface area contributed by atoms with E-state index in [0.29, 0.717) is 37.2 Å². The smallest absolute Gasteiger partial charge is 0.407 e. The van der Waals surface area contributed by atoms with Crippen molar-refractivity contribution in [2.24, 2.45) is 0 Å². The summed E-state index contributed by atoms with van der Waals surface area (Å²) in [4.78, 5) is 27.8. The molecule has 1 aliphatic heterocycles. The van der Waals surface area contributed by atoms with Crippen LogP contribution in [0.1, 0.15) is 28.8 Å². The summed E-state index contributed by atoms with van der Waals surface area (Å²) < 4.78 is 5.25. The van der Waals surface area contributed by atoms with Gasteiger partial charge in [-0.2, -0.15) is 0 Å². The third-order valence-electron chi connectivity index (χ3n) is 4.95. The SMILES string of the molecule is COc1cccc(C(=O)N(c2ccc(C)cc2)C2CCN(C(=O)O)CC2)c1. The molecule has 0 atom stereocenters. The molecule has 0 unspecified atom stereocenters. The molecule has 1 saturated heterocycles. The molecular weight excluding hydrogens is 344 g/mol. The summed E-state index contributed by atoms with van der Waals surface area (Å²) in [5.74, 6) is 0.525. The Hall–Kier alpha value is -3.02. The van der Waals surface area contributed by atoms with E-state index in [-0.39, 0.29) is 11.9 Å². The van der Waals surface area contributed by atoms with Crippen molar-refractivity contribution < 1.29 is 19.4 Å². The van der Waals surface area contributed by atoms with E-state index in [0.717, 1.165) is 11.3 Å². The molecule has 0 saturated carbocycles. The minimum absolute atomic E-state index is 0.0537. The van der Waals surface area contributed by atoms with E-state index in [1.165, 1.54) is 4.90 Å². The number of nitrogens with zero attached hydrogens (tertiary/aromatic N) is 2. The molecule has 0 aromatic heterocycles. The number of piperidine rings is 1. The third-order valence-corrected chi connectivity index (χ3v) is 4.95. The van der Waals surface area contributed by atoms with Crippen LogP contribution in [0, 0.1) is 6.92 Å². The van der Waals surface area contributed by atoms with E-state index in [4.69, 9.17) is 4.74 Å². The Labute approximate surface area is 159 Å². The first-order valence-electron chi connectivity index (χ1n) is 9.01. The zero-order chi connectivity index (χ0) is 19.4. The molecular formula is C21H24N2O4. The molecule has 0 aliphatic carbocycles. The number of rotatable bonds is 4. The van der Waals surface area contributed by atoms with Gasteiger partial charge in [0, 0.05) is 30.4 Å². The minimum Gasteiger partial charge on any atom is -0.497 e. The van der Waals surface area contributed by atoms with E-state index >= 15 is 0 Å². The van der Waals surface area contributed by atoms with Crippen molar-refractivity contribution in [3.8, 4) is 5.75 Å². The van der Waals surface area contributed by atoms with E-state index in [1.54, 1.807) is 36.3 Å². The monoisotopic (exact) mass is 368 g/mol. The van der Waals surface area contributed by atoms with Crippen molar-refractivity contribution in [1.29, 1.82) is 0 Å². The van der Waals surface area contributed by atoms with Gasteiger partial charge in [0.2, 0.25) is 0 Å². The Kier molecular flexibility index (Phi) is 5.64. The summed E-state index contributed by atoms with van der Waals surface area (Å²) >= 11 is 0. The molecule has 1 fully saturated rings. The summed E-state index contributed by atoms with van der Waals surface area (Å²) in [7, 11) is 1.57. The van der Waals surface area contributed by atoms with Gasteiger partial charge in [0.1, 0.15) is 5.75 Å². The van der Waals surface area contributed by atoms with Crippen molar-refractivity contribution in [3.05, 3.63) is 59.7 Å². The summed E-state index contributed by atoms with van der Waals surface area (Å²) in [6.45, 7) is 2.85. The second kappa shape index (κ2) is 8.12. The highest BCUT2D eigenvalue weighted by Crippen LogP contribution is 2.27. The molecule has 0 bridgehead atoms. The first-order chi connectivity index (χ1) is 13.0. The molecule has 6 heteroatoms. The molecule has 2 aromatic carbocycles. The normalized spacial score (nSPS) is 14.7. The molecule has 6 nitrogen and oxygen atoms in total. The summed E-state index contributed by atoms with van der Waals surface area (Å²) in [6, 6.07) is 14.9. The lowest BCUT2D eigenvalue weighted by molar-refractivity contribution is 0.0957. The van der Waals surface area contributed by atoms with Crippen LogP contribution in [-0.4, -0.2) is 48.2 Å². The fraction of sp³-hybridized carbons (Fsp3) is 0.333. The lowest BCUT2D eigenvalue weighted by atomic mass is 10.0. The number of carbonyl (C=O) groups excluding carboxylic acids is 1. The van der Waals surface area contributed by atoms with Crippen LogP contribution in [0.25, 0.3) is 0 Å². The van der Waals surface area contributed by atoms with Gasteiger partial charge in [-0.1, -0.05) is 23.8 Å². The Bertz CT molecular complexity index is 811. The lowest BCUT2D eigenvalue weighted by Crippen LogP contribution is -2.48. The van der Waals surface area contributed by atoms with Crippen molar-refractivity contribution in [3.63, 3.8) is 0 Å². The molecule has 1 aliphatic rings. The van der Waals surface area contributed by atoms with E-state index < -0.39 is 6.09 Å². The van der Waals surface area contributed by atoms with Gasteiger partial charge in [-0.05, 0) is 50.1 Å². The molecule has 142 valence electrons. The van der Waals surface area contributed by atoms with Crippen molar-refractivity contribution >= 4 is 17.7 Å². The van der Waals surface area contributed by atoms with Crippen molar-refractivity contribution in [2.45, 2.75) is 25.8 Å². The van der Waals surface area contributed by atoms with Gasteiger partial charge >= 0.3 is 6.09 Å². The Morgan fingerprint density at radius 2 is 1.78 bits per heavy atom. The summed E-state index contributed by atoms with van der Waals surface area (Å²) in [5.41, 5.74) is 2.49. The molecule has 0 spiro atoms. The van der Waals surface area contributed by atoms with E-state index in [9.17, 15) is 14.7 Å². The third kappa shape index (κ3) is 4.22. The standard InChI is InChI=1S/C21H24N2O4/c1-15-6-8-17(9-7-15)23(18-10-12-22(13-11-18)21(25)26)20(24)16-4-3-5-19(14-16)27-2/h3-9,14,18H,10-13H2,1-2H3,(H,25,26). The van der Waals surface area contributed by atoms with Gasteiger partial charge in [0.15, 0.2) is 0 Å². The fourth-order valence-electron chi connectivity index (χ4n) is 3.41. The van der Waals surface area contributed by atoms with Gasteiger partial charge in [-0.25, -0.2) is 4.79 Å². The zero-order valence-electron chi connectivity index (χ0n) is 15.6. The number of benzene rings is 2. The number of hydrogen-bond acceptors (Lipinski definition) is 3. The van der Waals surface area contributed by atoms with Crippen LogP contribution in [0.5, 0.6) is 5.75 Å². The predicted octanol–water partition coefficient (Wildman–Crippen LogP) is 3.79. The number of carboxylic acid groups (broad SMARTS) is 1. The fourth-order valence-corrected chi connectivity index (χ4v) is 3.41. The number of methoxy groups -OCH3 is 1. The maximum Gasteiger partial charge on any atom is 0.407 e. The predicted molar refractivity (Wildman–Crippen MR) is 104 cm³/mol. The number of ether oxygens (including phenoxy) is 1. The topological polar surface area (TPSA) is 70.1 Å². The van der Waals surface area contributed by atoms with Crippen LogP contribution < -0.4 is 9.64 Å². The van der Waals surface area contributed by atoms with Crippen LogP contribution in [0.3, 0.4) is 0 Å². The average Bonchev–Trinajstić information content (AvgIpc) is 2.70. The second-order valence-corrected chi connectivity index (χ2v) is 6.74. The maximum atomic E-state index is 13.4. The average molecular weight is 368 g/mol. The molecule has 2 amide bonds. The van der Waals surface area contributed by atoms with Crippen molar-refractivity contribution in [2.75, 3.05) is 25.1 Å². The molecule has 1 N–H and O–H groups in total.